The van der Waals surface area contributed by atoms with E-state index < -0.39 is 0 Å². The average Bonchev–Trinajstić information content (AvgIpc) is 2.54. The summed E-state index contributed by atoms with van der Waals surface area (Å²) in [5, 5.41) is 7.06. The van der Waals surface area contributed by atoms with Crippen molar-refractivity contribution in [3.8, 4) is 5.75 Å². The van der Waals surface area contributed by atoms with Gasteiger partial charge in [0.05, 0.1) is 24.3 Å². The van der Waals surface area contributed by atoms with Crippen LogP contribution in [0.25, 0.3) is 0 Å². The van der Waals surface area contributed by atoms with Gasteiger partial charge < -0.3 is 10.1 Å². The monoisotopic (exact) mass is 453 g/mol. The van der Waals surface area contributed by atoms with Crippen LogP contribution in [0.2, 0.25) is 0 Å². The molecule has 0 fully saturated rings. The van der Waals surface area contributed by atoms with Crippen LogP contribution in [0.15, 0.2) is 50.4 Å². The lowest BCUT2D eigenvalue weighted by molar-refractivity contribution is -0.119. The maximum Gasteiger partial charge on any atom is 0.259 e. The number of aryl methyl sites for hydroxylation is 1. The summed E-state index contributed by atoms with van der Waals surface area (Å²) in [6.45, 7) is 2.12. The van der Waals surface area contributed by atoms with Gasteiger partial charge in [0.1, 0.15) is 5.75 Å². The van der Waals surface area contributed by atoms with Crippen molar-refractivity contribution in [3.63, 3.8) is 0 Å². The first-order valence-corrected chi connectivity index (χ1v) is 8.74. The molecule has 24 heavy (non-hydrogen) atoms. The fourth-order valence-electron chi connectivity index (χ4n) is 2.05. The predicted octanol–water partition coefficient (Wildman–Crippen LogP) is 4.09. The molecule has 0 spiro atoms. The standard InChI is InChI=1S/C17H17Br2N3O2/c1-11-5-3-4-6-15(11)20-10-16(23)22-21-9-12-7-13(18)8-14(19)17(12)24-2/h3-9,20H,10H2,1-2H3,(H,22,23). The van der Waals surface area contributed by atoms with Gasteiger partial charge in [0.2, 0.25) is 0 Å². The number of hydrogen-bond donors (Lipinski definition) is 2. The largest absolute Gasteiger partial charge is 0.495 e. The number of ether oxygens (including phenoxy) is 1. The first kappa shape index (κ1) is 18.5. The number of para-hydroxylation sites is 1. The zero-order valence-electron chi connectivity index (χ0n) is 13.3. The Morgan fingerprint density at radius 3 is 2.75 bits per heavy atom. The number of methoxy groups -OCH3 is 1. The quantitative estimate of drug-likeness (QED) is 0.510. The molecule has 1 amide bonds. The number of nitrogens with one attached hydrogen (secondary N) is 2. The van der Waals surface area contributed by atoms with Crippen molar-refractivity contribution < 1.29 is 9.53 Å². The Balaban J connectivity index is 1.94. The fourth-order valence-corrected chi connectivity index (χ4v) is 3.47. The molecule has 0 saturated carbocycles. The molecule has 0 saturated heterocycles. The second-order valence-corrected chi connectivity index (χ2v) is 6.74. The maximum absolute atomic E-state index is 11.9. The van der Waals surface area contributed by atoms with E-state index in [0.717, 1.165) is 25.8 Å². The van der Waals surface area contributed by atoms with E-state index in [4.69, 9.17) is 4.74 Å². The second kappa shape index (κ2) is 8.84. The molecular weight excluding hydrogens is 438 g/mol. The van der Waals surface area contributed by atoms with Crippen LogP contribution in [0, 0.1) is 6.92 Å². The molecule has 0 aliphatic rings. The van der Waals surface area contributed by atoms with Crippen LogP contribution >= 0.6 is 31.9 Å². The second-order valence-electron chi connectivity index (χ2n) is 4.97. The zero-order valence-corrected chi connectivity index (χ0v) is 16.4. The molecule has 2 aromatic carbocycles. The van der Waals surface area contributed by atoms with E-state index in [0.29, 0.717) is 5.75 Å². The van der Waals surface area contributed by atoms with Gasteiger partial charge in [0, 0.05) is 15.7 Å². The Morgan fingerprint density at radius 2 is 2.04 bits per heavy atom. The molecule has 0 unspecified atom stereocenters. The molecule has 0 aromatic heterocycles. The number of rotatable bonds is 6. The molecule has 0 radical (unpaired) electrons. The van der Waals surface area contributed by atoms with E-state index in [1.807, 2.05) is 43.3 Å². The summed E-state index contributed by atoms with van der Waals surface area (Å²) >= 11 is 6.83. The molecule has 2 rings (SSSR count). The van der Waals surface area contributed by atoms with Gasteiger partial charge in [-0.05, 0) is 46.6 Å². The van der Waals surface area contributed by atoms with Gasteiger partial charge in [-0.1, -0.05) is 34.1 Å². The van der Waals surface area contributed by atoms with Crippen molar-refractivity contribution in [1.29, 1.82) is 0 Å². The molecular formula is C17H17Br2N3O2. The Kier molecular flexibility index (Phi) is 6.81. The molecule has 0 aliphatic carbocycles. The highest BCUT2D eigenvalue weighted by Crippen LogP contribution is 2.31. The molecule has 7 heteroatoms. The molecule has 2 N–H and O–H groups in total. The van der Waals surface area contributed by atoms with Gasteiger partial charge in [0.15, 0.2) is 0 Å². The lowest BCUT2D eigenvalue weighted by Crippen LogP contribution is -2.26. The van der Waals surface area contributed by atoms with Crippen molar-refractivity contribution in [2.45, 2.75) is 6.92 Å². The first-order chi connectivity index (χ1) is 11.5. The fraction of sp³-hybridized carbons (Fsp3) is 0.176. The topological polar surface area (TPSA) is 62.7 Å². The summed E-state index contributed by atoms with van der Waals surface area (Å²) in [7, 11) is 1.58. The maximum atomic E-state index is 11.9. The summed E-state index contributed by atoms with van der Waals surface area (Å²) in [6, 6.07) is 11.5. The number of carbonyl (C=O) groups excluding carboxylic acids is 1. The van der Waals surface area contributed by atoms with Crippen LogP contribution < -0.4 is 15.5 Å². The molecule has 0 aliphatic heterocycles. The van der Waals surface area contributed by atoms with Crippen molar-refractivity contribution in [2.24, 2.45) is 5.10 Å². The summed E-state index contributed by atoms with van der Waals surface area (Å²) in [5.74, 6) is 0.414. The average molecular weight is 455 g/mol. The summed E-state index contributed by atoms with van der Waals surface area (Å²) in [4.78, 5) is 11.9. The van der Waals surface area contributed by atoms with E-state index in [1.165, 1.54) is 0 Å². The molecule has 0 heterocycles. The van der Waals surface area contributed by atoms with Crippen LogP contribution in [-0.4, -0.2) is 25.8 Å². The van der Waals surface area contributed by atoms with Crippen LogP contribution in [0.1, 0.15) is 11.1 Å². The number of hydrazone groups is 1. The Labute approximate surface area is 157 Å². The molecule has 2 aromatic rings. The van der Waals surface area contributed by atoms with Crippen molar-refractivity contribution in [2.75, 3.05) is 19.0 Å². The SMILES string of the molecule is COc1c(Br)cc(Br)cc1C=NNC(=O)CNc1ccccc1C. The number of hydrogen-bond acceptors (Lipinski definition) is 4. The van der Waals surface area contributed by atoms with Crippen LogP contribution in [-0.2, 0) is 4.79 Å². The third-order valence-electron chi connectivity index (χ3n) is 3.22. The van der Waals surface area contributed by atoms with E-state index >= 15 is 0 Å². The minimum absolute atomic E-state index is 0.140. The normalized spacial score (nSPS) is 10.7. The van der Waals surface area contributed by atoms with Gasteiger partial charge in [-0.15, -0.1) is 0 Å². The first-order valence-electron chi connectivity index (χ1n) is 7.15. The third-order valence-corrected chi connectivity index (χ3v) is 4.27. The number of halogens is 2. The van der Waals surface area contributed by atoms with E-state index in [1.54, 1.807) is 13.3 Å². The smallest absolute Gasteiger partial charge is 0.259 e. The van der Waals surface area contributed by atoms with Gasteiger partial charge in [-0.3, -0.25) is 4.79 Å². The molecule has 5 nitrogen and oxygen atoms in total. The summed E-state index contributed by atoms with van der Waals surface area (Å²) < 4.78 is 7.00. The molecule has 126 valence electrons. The van der Waals surface area contributed by atoms with Gasteiger partial charge >= 0.3 is 0 Å². The van der Waals surface area contributed by atoms with Crippen molar-refractivity contribution >= 4 is 49.7 Å². The minimum atomic E-state index is -0.234. The Morgan fingerprint density at radius 1 is 1.29 bits per heavy atom. The summed E-state index contributed by atoms with van der Waals surface area (Å²) in [5.41, 5.74) is 5.24. The van der Waals surface area contributed by atoms with Gasteiger partial charge in [-0.2, -0.15) is 5.10 Å². The van der Waals surface area contributed by atoms with Crippen molar-refractivity contribution in [1.82, 2.24) is 5.43 Å². The minimum Gasteiger partial charge on any atom is -0.495 e. The number of carbonyl (C=O) groups is 1. The number of nitrogens with zero attached hydrogens (tertiary/aromatic N) is 1. The highest BCUT2D eigenvalue weighted by molar-refractivity contribution is 9.11. The summed E-state index contributed by atoms with van der Waals surface area (Å²) in [6.07, 6.45) is 1.54. The lowest BCUT2D eigenvalue weighted by atomic mass is 10.2. The van der Waals surface area contributed by atoms with E-state index in [-0.39, 0.29) is 12.5 Å². The molecule has 0 bridgehead atoms. The van der Waals surface area contributed by atoms with Crippen LogP contribution in [0.4, 0.5) is 5.69 Å². The van der Waals surface area contributed by atoms with Crippen LogP contribution in [0.3, 0.4) is 0 Å². The highest BCUT2D eigenvalue weighted by atomic mass is 79.9. The van der Waals surface area contributed by atoms with Crippen LogP contribution in [0.5, 0.6) is 5.75 Å². The number of amides is 1. The van der Waals surface area contributed by atoms with E-state index in [2.05, 4.69) is 47.7 Å². The third kappa shape index (κ3) is 5.07. The molecule has 0 atom stereocenters. The van der Waals surface area contributed by atoms with E-state index in [9.17, 15) is 4.79 Å². The number of anilines is 1. The lowest BCUT2D eigenvalue weighted by Gasteiger charge is -2.09. The van der Waals surface area contributed by atoms with Gasteiger partial charge in [0.25, 0.3) is 5.91 Å². The predicted molar refractivity (Wildman–Crippen MR) is 104 cm³/mol. The zero-order chi connectivity index (χ0) is 17.5. The van der Waals surface area contributed by atoms with Gasteiger partial charge in [-0.25, -0.2) is 5.43 Å². The Hall–Kier alpha value is -1.86. The van der Waals surface area contributed by atoms with Crippen molar-refractivity contribution in [3.05, 3.63) is 56.5 Å². The highest BCUT2D eigenvalue weighted by Gasteiger charge is 2.08. The number of benzene rings is 2. The Bertz CT molecular complexity index is 763.